The van der Waals surface area contributed by atoms with Crippen molar-refractivity contribution >= 4 is 23.9 Å². The molecule has 0 aliphatic carbocycles. The maximum atomic E-state index is 13.1. The highest BCUT2D eigenvalue weighted by molar-refractivity contribution is 5.92. The molecule has 0 radical (unpaired) electrons. The molecule has 36 heavy (non-hydrogen) atoms. The minimum atomic E-state index is -4.47. The Morgan fingerprint density at radius 1 is 1.08 bits per heavy atom. The second kappa shape index (κ2) is 10.1. The third-order valence-electron chi connectivity index (χ3n) is 6.63. The molecule has 2 N–H and O–H groups in total. The van der Waals surface area contributed by atoms with E-state index in [4.69, 9.17) is 0 Å². The van der Waals surface area contributed by atoms with Gasteiger partial charge in [0.15, 0.2) is 0 Å². The minimum Gasteiger partial charge on any atom is -0.480 e. The SMILES string of the molecule is O=C(O)CN1C(=O)C(Cc2ccccc2)NC12CCN(C(=O)/C=C/c1cccc(C(F)(F)F)c1)CC2. The molecule has 2 aliphatic rings. The number of benzene rings is 2. The van der Waals surface area contributed by atoms with Gasteiger partial charge in [0, 0.05) is 32.0 Å². The molecule has 0 saturated carbocycles. The van der Waals surface area contributed by atoms with Crippen molar-refractivity contribution in [3.8, 4) is 0 Å². The van der Waals surface area contributed by atoms with Crippen LogP contribution in [0.3, 0.4) is 0 Å². The van der Waals surface area contributed by atoms with Gasteiger partial charge in [0.05, 0.1) is 17.3 Å². The van der Waals surface area contributed by atoms with Crippen molar-refractivity contribution in [2.75, 3.05) is 19.6 Å². The standard InChI is InChI=1S/C26H26F3N3O4/c27-26(28,29)20-8-4-7-19(15-20)9-10-22(33)31-13-11-25(12-14-31)30-21(16-18-5-2-1-3-6-18)24(36)32(25)17-23(34)35/h1-10,15,21,30H,11-14,16-17H2,(H,34,35)/b10-9+. The van der Waals surface area contributed by atoms with Crippen LogP contribution in [0.15, 0.2) is 60.7 Å². The number of nitrogens with one attached hydrogen (secondary N) is 1. The lowest BCUT2D eigenvalue weighted by atomic mass is 9.95. The number of halogens is 3. The maximum absolute atomic E-state index is 13.1. The number of carboxylic acid groups (broad SMARTS) is 1. The van der Waals surface area contributed by atoms with Crippen LogP contribution in [0.5, 0.6) is 0 Å². The van der Waals surface area contributed by atoms with Crippen LogP contribution in [0.2, 0.25) is 0 Å². The summed E-state index contributed by atoms with van der Waals surface area (Å²) in [7, 11) is 0. The van der Waals surface area contributed by atoms with Crippen LogP contribution in [-0.4, -0.2) is 64.0 Å². The van der Waals surface area contributed by atoms with Gasteiger partial charge in [0.1, 0.15) is 6.54 Å². The number of carbonyl (C=O) groups is 3. The number of alkyl halides is 3. The van der Waals surface area contributed by atoms with E-state index in [1.54, 1.807) is 4.90 Å². The Hall–Kier alpha value is -3.66. The number of aliphatic carboxylic acids is 1. The van der Waals surface area contributed by atoms with Crippen molar-refractivity contribution in [3.05, 3.63) is 77.4 Å². The molecule has 2 aromatic carbocycles. The molecular formula is C26H26F3N3O4. The summed E-state index contributed by atoms with van der Waals surface area (Å²) >= 11 is 0. The Balaban J connectivity index is 1.43. The van der Waals surface area contributed by atoms with Crippen LogP contribution in [0.25, 0.3) is 6.08 Å². The van der Waals surface area contributed by atoms with Gasteiger partial charge in [-0.25, -0.2) is 0 Å². The molecule has 7 nitrogen and oxygen atoms in total. The fourth-order valence-electron chi connectivity index (χ4n) is 4.82. The lowest BCUT2D eigenvalue weighted by Crippen LogP contribution is -2.60. The van der Waals surface area contributed by atoms with E-state index in [1.165, 1.54) is 29.2 Å². The zero-order chi connectivity index (χ0) is 25.9. The molecule has 2 fully saturated rings. The molecule has 1 spiro atoms. The first kappa shape index (κ1) is 25.4. The first-order chi connectivity index (χ1) is 17.1. The van der Waals surface area contributed by atoms with E-state index in [0.717, 1.165) is 17.7 Å². The molecule has 10 heteroatoms. The van der Waals surface area contributed by atoms with Gasteiger partial charge in [-0.15, -0.1) is 0 Å². The van der Waals surface area contributed by atoms with E-state index in [1.807, 2.05) is 30.3 Å². The second-order valence-electron chi connectivity index (χ2n) is 9.02. The summed E-state index contributed by atoms with van der Waals surface area (Å²) in [5.41, 5.74) is -0.470. The van der Waals surface area contributed by atoms with Gasteiger partial charge in [0.25, 0.3) is 0 Å². The van der Waals surface area contributed by atoms with E-state index < -0.39 is 36.0 Å². The van der Waals surface area contributed by atoms with Crippen molar-refractivity contribution in [1.29, 1.82) is 0 Å². The summed E-state index contributed by atoms with van der Waals surface area (Å²) in [5, 5.41) is 12.8. The fourth-order valence-corrected chi connectivity index (χ4v) is 4.82. The molecule has 1 unspecified atom stereocenters. The summed E-state index contributed by atoms with van der Waals surface area (Å²) in [6.45, 7) is 0.0843. The van der Waals surface area contributed by atoms with E-state index >= 15 is 0 Å². The van der Waals surface area contributed by atoms with Gasteiger partial charge >= 0.3 is 12.1 Å². The molecule has 0 bridgehead atoms. The average molecular weight is 502 g/mol. The van der Waals surface area contributed by atoms with Gasteiger partial charge in [0.2, 0.25) is 11.8 Å². The van der Waals surface area contributed by atoms with Crippen molar-refractivity contribution in [1.82, 2.24) is 15.1 Å². The normalized spacial score (nSPS) is 19.9. The Kier molecular flexibility index (Phi) is 7.16. The third kappa shape index (κ3) is 5.59. The van der Waals surface area contributed by atoms with Gasteiger partial charge in [-0.3, -0.25) is 19.7 Å². The number of nitrogens with zero attached hydrogens (tertiary/aromatic N) is 2. The molecular weight excluding hydrogens is 475 g/mol. The molecule has 190 valence electrons. The Morgan fingerprint density at radius 3 is 2.42 bits per heavy atom. The largest absolute Gasteiger partial charge is 0.480 e. The molecule has 1 atom stereocenters. The van der Waals surface area contributed by atoms with Crippen LogP contribution in [0.1, 0.15) is 29.5 Å². The smallest absolute Gasteiger partial charge is 0.416 e. The molecule has 0 aromatic heterocycles. The molecule has 2 aliphatic heterocycles. The summed E-state index contributed by atoms with van der Waals surface area (Å²) in [6, 6.07) is 13.5. The minimum absolute atomic E-state index is 0.256. The van der Waals surface area contributed by atoms with Crippen LogP contribution in [0.4, 0.5) is 13.2 Å². The number of likely N-dealkylation sites (tertiary alicyclic amines) is 1. The predicted molar refractivity (Wildman–Crippen MR) is 125 cm³/mol. The van der Waals surface area contributed by atoms with Crippen molar-refractivity contribution in [2.24, 2.45) is 0 Å². The number of hydrogen-bond acceptors (Lipinski definition) is 4. The molecule has 4 rings (SSSR count). The first-order valence-electron chi connectivity index (χ1n) is 11.6. The molecule has 2 aromatic rings. The molecule has 2 saturated heterocycles. The Morgan fingerprint density at radius 2 is 1.78 bits per heavy atom. The van der Waals surface area contributed by atoms with E-state index in [2.05, 4.69) is 5.32 Å². The van der Waals surface area contributed by atoms with E-state index in [9.17, 15) is 32.7 Å². The van der Waals surface area contributed by atoms with E-state index in [-0.39, 0.29) is 30.5 Å². The van der Waals surface area contributed by atoms with Crippen molar-refractivity contribution < 1.29 is 32.7 Å². The third-order valence-corrected chi connectivity index (χ3v) is 6.63. The summed E-state index contributed by atoms with van der Waals surface area (Å²) in [5.74, 6) is -1.77. The lowest BCUT2D eigenvalue weighted by Gasteiger charge is -2.44. The summed E-state index contributed by atoms with van der Waals surface area (Å²) < 4.78 is 38.8. The monoisotopic (exact) mass is 501 g/mol. The number of carboxylic acids is 1. The number of hydrogen-bond donors (Lipinski definition) is 2. The quantitative estimate of drug-likeness (QED) is 0.594. The molecule has 2 heterocycles. The fraction of sp³-hybridized carbons (Fsp3) is 0.346. The van der Waals surface area contributed by atoms with Gasteiger partial charge < -0.3 is 14.9 Å². The first-order valence-corrected chi connectivity index (χ1v) is 11.6. The topological polar surface area (TPSA) is 89.9 Å². The molecule has 2 amide bonds. The average Bonchev–Trinajstić information content (AvgIpc) is 3.08. The van der Waals surface area contributed by atoms with Crippen molar-refractivity contribution in [3.63, 3.8) is 0 Å². The lowest BCUT2D eigenvalue weighted by molar-refractivity contribution is -0.148. The number of carbonyl (C=O) groups excluding carboxylic acids is 2. The van der Waals surface area contributed by atoms with Crippen LogP contribution in [-0.2, 0) is 27.0 Å². The summed E-state index contributed by atoms with van der Waals surface area (Å²) in [6.07, 6.45) is -0.818. The predicted octanol–water partition coefficient (Wildman–Crippen LogP) is 3.17. The Bertz CT molecular complexity index is 1160. The second-order valence-corrected chi connectivity index (χ2v) is 9.02. The van der Waals surface area contributed by atoms with Crippen LogP contribution >= 0.6 is 0 Å². The number of rotatable bonds is 6. The zero-order valence-corrected chi connectivity index (χ0v) is 19.4. The van der Waals surface area contributed by atoms with Gasteiger partial charge in [-0.05, 0) is 35.8 Å². The van der Waals surface area contributed by atoms with Crippen LogP contribution < -0.4 is 5.32 Å². The van der Waals surface area contributed by atoms with Crippen LogP contribution in [0, 0.1) is 0 Å². The van der Waals surface area contributed by atoms with Crippen molar-refractivity contribution in [2.45, 2.75) is 37.1 Å². The van der Waals surface area contributed by atoms with Gasteiger partial charge in [-0.1, -0.05) is 42.5 Å². The highest BCUT2D eigenvalue weighted by Crippen LogP contribution is 2.33. The highest BCUT2D eigenvalue weighted by Gasteiger charge is 2.52. The maximum Gasteiger partial charge on any atom is 0.416 e. The highest BCUT2D eigenvalue weighted by atomic mass is 19.4. The number of amides is 2. The van der Waals surface area contributed by atoms with Gasteiger partial charge in [-0.2, -0.15) is 13.2 Å². The Labute approximate surface area is 206 Å². The zero-order valence-electron chi connectivity index (χ0n) is 19.4. The summed E-state index contributed by atoms with van der Waals surface area (Å²) in [4.78, 5) is 40.2. The number of piperidine rings is 1. The van der Waals surface area contributed by atoms with E-state index in [0.29, 0.717) is 19.3 Å².